The van der Waals surface area contributed by atoms with Crippen LogP contribution >= 0.6 is 15.9 Å². The molecule has 6 heterocycles. The lowest BCUT2D eigenvalue weighted by atomic mass is 9.72. The predicted molar refractivity (Wildman–Crippen MR) is 218 cm³/mol. The summed E-state index contributed by atoms with van der Waals surface area (Å²) in [5.74, 6) is -1.18. The number of H-pyrrole nitrogens is 1. The summed E-state index contributed by atoms with van der Waals surface area (Å²) in [5.41, 5.74) is 3.65. The minimum atomic E-state index is -1.29. The van der Waals surface area contributed by atoms with Crippen LogP contribution in [0.1, 0.15) is 64.3 Å². The Kier molecular flexibility index (Phi) is 8.59. The molecular weight excluding hydrogens is 820 g/mol. The van der Waals surface area contributed by atoms with Gasteiger partial charge < -0.3 is 44.3 Å². The van der Waals surface area contributed by atoms with Crippen LogP contribution in [0.5, 0.6) is 5.75 Å². The molecule has 4 atom stereocenters. The van der Waals surface area contributed by atoms with E-state index in [-0.39, 0.29) is 53.6 Å². The Morgan fingerprint density at radius 2 is 1.80 bits per heavy atom. The van der Waals surface area contributed by atoms with Crippen LogP contribution in [0, 0.1) is 5.92 Å². The second-order valence-corrected chi connectivity index (χ2v) is 16.0. The van der Waals surface area contributed by atoms with Crippen LogP contribution in [0.25, 0.3) is 33.8 Å². The first kappa shape index (κ1) is 36.5. The Balaban J connectivity index is 1.17. The van der Waals surface area contributed by atoms with Gasteiger partial charge in [0.2, 0.25) is 17.7 Å². The summed E-state index contributed by atoms with van der Waals surface area (Å²) in [6.45, 7) is 3.83. The number of halogens is 1. The molecule has 2 amide bonds. The summed E-state index contributed by atoms with van der Waals surface area (Å²) in [6, 6.07) is 26.3. The summed E-state index contributed by atoms with van der Waals surface area (Å²) in [7, 11) is 0. The van der Waals surface area contributed by atoms with Gasteiger partial charge in [-0.05, 0) is 51.2 Å². The van der Waals surface area contributed by atoms with Crippen molar-refractivity contribution in [3.63, 3.8) is 0 Å². The van der Waals surface area contributed by atoms with E-state index >= 15 is 0 Å². The Morgan fingerprint density at radius 1 is 0.983 bits per heavy atom. The lowest BCUT2D eigenvalue weighted by Gasteiger charge is -2.28. The lowest BCUT2D eigenvalue weighted by molar-refractivity contribution is -0.124. The normalized spacial score (nSPS) is 20.1. The fourth-order valence-electron chi connectivity index (χ4n) is 8.40. The monoisotopic (exact) mass is 854 g/mol. The zero-order valence-corrected chi connectivity index (χ0v) is 33.1. The van der Waals surface area contributed by atoms with Crippen molar-refractivity contribution in [1.29, 1.82) is 0 Å². The number of para-hydroxylation sites is 2. The molecule has 0 saturated heterocycles. The van der Waals surface area contributed by atoms with Gasteiger partial charge >= 0.3 is 12.1 Å². The summed E-state index contributed by atoms with van der Waals surface area (Å²) in [4.78, 5) is 53.3. The number of anilines is 1. The average molecular weight is 856 g/mol. The van der Waals surface area contributed by atoms with E-state index in [0.29, 0.717) is 22.4 Å². The standard InChI is InChI=1S/C44H35BrN6O8/c1-21(2)32-39-50-35(40-49-34(41(53)54)36(58-40)25-19-46-29-14-7-6-11-24(25)29)37(59-39)44-26-12-8-13-28(45)33(26)51-42(44)57-31-16-15-23(17-27(31)44)18-30(38(52)48-32)47-43(55)56-20-22-9-4-3-5-10-22/h3-17,19,21,30,32,42,46,51H,18,20H2,1-2H3,(H,47,55)(H,48,52)(H,53,54)/t30-,32-,42?,44?/m0/s1. The van der Waals surface area contributed by atoms with Crippen LogP contribution in [-0.4, -0.2) is 50.3 Å². The molecule has 0 radical (unpaired) electrons. The minimum Gasteiger partial charge on any atom is -0.476 e. The fraction of sp³-hybridized carbons (Fsp3) is 0.205. The molecule has 10 rings (SSSR count). The number of aromatic nitrogens is 3. The van der Waals surface area contributed by atoms with E-state index in [0.717, 1.165) is 32.2 Å². The summed E-state index contributed by atoms with van der Waals surface area (Å²) in [5, 5.41) is 20.7. The largest absolute Gasteiger partial charge is 0.476 e. The molecular formula is C44H35BrN6O8. The van der Waals surface area contributed by atoms with Crippen LogP contribution < -0.4 is 20.7 Å². The molecule has 4 aromatic carbocycles. The summed E-state index contributed by atoms with van der Waals surface area (Å²) in [6.07, 6.45) is 0.273. The maximum atomic E-state index is 14.3. The molecule has 5 N–H and O–H groups in total. The number of carboxylic acid groups (broad SMARTS) is 1. The molecule has 14 nitrogen and oxygen atoms in total. The van der Waals surface area contributed by atoms with E-state index in [4.69, 9.17) is 23.3 Å². The molecule has 3 aromatic heterocycles. The Morgan fingerprint density at radius 3 is 2.61 bits per heavy atom. The molecule has 4 bridgehead atoms. The van der Waals surface area contributed by atoms with Gasteiger partial charge in [-0.15, -0.1) is 0 Å². The van der Waals surface area contributed by atoms with Gasteiger partial charge in [-0.25, -0.2) is 14.6 Å². The van der Waals surface area contributed by atoms with Crippen molar-refractivity contribution in [2.75, 3.05) is 5.32 Å². The smallest absolute Gasteiger partial charge is 0.408 e. The van der Waals surface area contributed by atoms with E-state index in [1.54, 1.807) is 6.20 Å². The van der Waals surface area contributed by atoms with E-state index < -0.39 is 41.7 Å². The number of alkyl carbamates (subject to hydrolysis) is 1. The molecule has 2 unspecified atom stereocenters. The zero-order chi connectivity index (χ0) is 40.6. The van der Waals surface area contributed by atoms with Gasteiger partial charge in [0.25, 0.3) is 0 Å². The molecule has 3 aliphatic heterocycles. The molecule has 1 spiro atoms. The number of fused-ring (bicyclic) bond motifs is 5. The Hall–Kier alpha value is -6.87. The van der Waals surface area contributed by atoms with Gasteiger partial charge in [-0.2, -0.15) is 4.98 Å². The third kappa shape index (κ3) is 5.86. The highest BCUT2D eigenvalue weighted by molar-refractivity contribution is 9.10. The number of hydrogen-bond donors (Lipinski definition) is 5. The minimum absolute atomic E-state index is 0.0198. The number of nitrogens with zero attached hydrogens (tertiary/aromatic N) is 2. The number of aromatic carboxylic acids is 1. The summed E-state index contributed by atoms with van der Waals surface area (Å²) < 4.78 is 26.5. The van der Waals surface area contributed by atoms with Gasteiger partial charge in [0.15, 0.2) is 29.1 Å². The first-order valence-electron chi connectivity index (χ1n) is 19.1. The van der Waals surface area contributed by atoms with Crippen molar-refractivity contribution in [3.8, 4) is 28.7 Å². The number of carboxylic acids is 1. The van der Waals surface area contributed by atoms with Crippen molar-refractivity contribution < 1.29 is 37.8 Å². The third-order valence-corrected chi connectivity index (χ3v) is 11.8. The quantitative estimate of drug-likeness (QED) is 0.104. The molecule has 7 aromatic rings. The van der Waals surface area contributed by atoms with Crippen molar-refractivity contribution in [2.45, 2.75) is 50.6 Å². The fourth-order valence-corrected chi connectivity index (χ4v) is 8.88. The maximum absolute atomic E-state index is 14.3. The molecule has 296 valence electrons. The second-order valence-electron chi connectivity index (χ2n) is 15.1. The first-order valence-corrected chi connectivity index (χ1v) is 19.8. The Bertz CT molecular complexity index is 2830. The molecule has 0 fully saturated rings. The first-order chi connectivity index (χ1) is 28.6. The number of rotatable bonds is 7. The highest BCUT2D eigenvalue weighted by atomic mass is 79.9. The number of nitrogens with one attached hydrogen (secondary N) is 4. The van der Waals surface area contributed by atoms with Crippen LogP contribution in [0.4, 0.5) is 10.5 Å². The summed E-state index contributed by atoms with van der Waals surface area (Å²) >= 11 is 3.72. The van der Waals surface area contributed by atoms with Gasteiger partial charge in [-0.1, -0.05) is 86.6 Å². The topological polar surface area (TPSA) is 194 Å². The van der Waals surface area contributed by atoms with Crippen molar-refractivity contribution in [3.05, 3.63) is 141 Å². The van der Waals surface area contributed by atoms with Gasteiger partial charge in [-0.3, -0.25) is 4.79 Å². The zero-order valence-electron chi connectivity index (χ0n) is 31.5. The molecule has 0 aliphatic carbocycles. The van der Waals surface area contributed by atoms with Crippen molar-refractivity contribution in [1.82, 2.24) is 25.6 Å². The number of benzene rings is 4. The third-order valence-electron chi connectivity index (χ3n) is 11.2. The number of carbonyl (C=O) groups is 3. The number of amides is 2. The van der Waals surface area contributed by atoms with Crippen LogP contribution in [0.3, 0.4) is 0 Å². The molecule has 3 aliphatic rings. The van der Waals surface area contributed by atoms with Crippen LogP contribution in [0.15, 0.2) is 110 Å². The predicted octanol–water partition coefficient (Wildman–Crippen LogP) is 8.08. The van der Waals surface area contributed by atoms with Crippen LogP contribution in [-0.2, 0) is 28.0 Å². The van der Waals surface area contributed by atoms with E-state index in [9.17, 15) is 19.5 Å². The van der Waals surface area contributed by atoms with Gasteiger partial charge in [0, 0.05) is 44.7 Å². The van der Waals surface area contributed by atoms with Gasteiger partial charge in [0.05, 0.1) is 5.69 Å². The van der Waals surface area contributed by atoms with Crippen molar-refractivity contribution >= 4 is 50.5 Å². The average Bonchev–Trinajstić information content (AvgIpc) is 4.06. The Labute approximate surface area is 344 Å². The highest BCUT2D eigenvalue weighted by Crippen LogP contribution is 2.60. The lowest BCUT2D eigenvalue weighted by Crippen LogP contribution is -2.49. The number of aromatic amines is 1. The van der Waals surface area contributed by atoms with Gasteiger partial charge in [0.1, 0.15) is 29.9 Å². The maximum Gasteiger partial charge on any atom is 0.408 e. The van der Waals surface area contributed by atoms with Crippen LogP contribution in [0.2, 0.25) is 0 Å². The van der Waals surface area contributed by atoms with Crippen molar-refractivity contribution in [2.24, 2.45) is 5.92 Å². The molecule has 15 heteroatoms. The van der Waals surface area contributed by atoms with E-state index in [1.807, 2.05) is 105 Å². The SMILES string of the molecule is CC(C)[C@@H]1NC(=O)[C@@H](NC(=O)OCc2ccccc2)Cc2ccc3c(c2)C2(c4cccc(Br)c4NC2O3)c2oc1nc2-c1nc(C(=O)O)c(-c2c[nH]c3ccccc23)o1. The van der Waals surface area contributed by atoms with E-state index in [2.05, 4.69) is 41.8 Å². The number of carbonyl (C=O) groups excluding carboxylic acids is 2. The number of ether oxygens (including phenoxy) is 2. The highest BCUT2D eigenvalue weighted by Gasteiger charge is 2.61. The van der Waals surface area contributed by atoms with E-state index in [1.165, 1.54) is 0 Å². The molecule has 59 heavy (non-hydrogen) atoms. The number of oxazole rings is 2. The second kappa shape index (κ2) is 13.9. The molecule has 0 saturated carbocycles. The number of hydrogen-bond acceptors (Lipinski definition) is 10.